The van der Waals surface area contributed by atoms with Crippen LogP contribution in [-0.2, 0) is 4.79 Å². The molecule has 0 saturated carbocycles. The Morgan fingerprint density at radius 1 is 1.09 bits per heavy atom. The summed E-state index contributed by atoms with van der Waals surface area (Å²) in [6, 6.07) is 14.0. The highest BCUT2D eigenvalue weighted by molar-refractivity contribution is 7.22. The standard InChI is InChI=1S/C16H12N2O3S/c1-10(19)21-12-8-6-11(7-9-12)15(20)18-16-17-13-4-2-3-5-14(13)22-16/h2-9H,1H3,(H,17,18,20). The van der Waals surface area contributed by atoms with Gasteiger partial charge in [-0.1, -0.05) is 23.5 Å². The Balaban J connectivity index is 1.74. The van der Waals surface area contributed by atoms with Gasteiger partial charge in [0.2, 0.25) is 0 Å². The molecule has 3 rings (SSSR count). The number of carbonyl (C=O) groups is 2. The van der Waals surface area contributed by atoms with E-state index in [2.05, 4.69) is 10.3 Å². The number of anilines is 1. The highest BCUT2D eigenvalue weighted by Crippen LogP contribution is 2.25. The normalized spacial score (nSPS) is 10.4. The number of fused-ring (bicyclic) bond motifs is 1. The fourth-order valence-electron chi connectivity index (χ4n) is 1.94. The fourth-order valence-corrected chi connectivity index (χ4v) is 2.80. The number of hydrogen-bond donors (Lipinski definition) is 1. The minimum absolute atomic E-state index is 0.256. The number of ether oxygens (including phenoxy) is 1. The van der Waals surface area contributed by atoms with Crippen molar-refractivity contribution in [1.82, 2.24) is 4.98 Å². The van der Waals surface area contributed by atoms with Crippen molar-refractivity contribution in [3.63, 3.8) is 0 Å². The number of hydrogen-bond acceptors (Lipinski definition) is 5. The van der Waals surface area contributed by atoms with Crippen LogP contribution in [0.4, 0.5) is 5.13 Å². The molecule has 3 aromatic rings. The van der Waals surface area contributed by atoms with Crippen LogP contribution in [0.5, 0.6) is 5.75 Å². The summed E-state index contributed by atoms with van der Waals surface area (Å²) in [6.45, 7) is 1.33. The Hall–Kier alpha value is -2.73. The summed E-state index contributed by atoms with van der Waals surface area (Å²) < 4.78 is 5.94. The zero-order chi connectivity index (χ0) is 15.5. The third-order valence-electron chi connectivity index (χ3n) is 2.89. The van der Waals surface area contributed by atoms with Crippen LogP contribution in [0.2, 0.25) is 0 Å². The second-order valence-corrected chi connectivity index (χ2v) is 5.59. The first-order chi connectivity index (χ1) is 10.6. The Morgan fingerprint density at radius 2 is 1.82 bits per heavy atom. The van der Waals surface area contributed by atoms with E-state index < -0.39 is 5.97 Å². The van der Waals surface area contributed by atoms with Gasteiger partial charge in [-0.2, -0.15) is 0 Å². The molecule has 1 amide bonds. The van der Waals surface area contributed by atoms with Gasteiger partial charge >= 0.3 is 5.97 Å². The van der Waals surface area contributed by atoms with Gasteiger partial charge in [-0.25, -0.2) is 4.98 Å². The van der Waals surface area contributed by atoms with Crippen LogP contribution in [0.25, 0.3) is 10.2 Å². The largest absolute Gasteiger partial charge is 0.427 e. The van der Waals surface area contributed by atoms with Crippen molar-refractivity contribution in [3.05, 3.63) is 54.1 Å². The Labute approximate surface area is 130 Å². The first kappa shape index (κ1) is 14.2. The summed E-state index contributed by atoms with van der Waals surface area (Å²) in [4.78, 5) is 27.4. The predicted molar refractivity (Wildman–Crippen MR) is 85.3 cm³/mol. The van der Waals surface area contributed by atoms with Crippen molar-refractivity contribution in [1.29, 1.82) is 0 Å². The third-order valence-corrected chi connectivity index (χ3v) is 3.84. The zero-order valence-corrected chi connectivity index (χ0v) is 12.5. The van der Waals surface area contributed by atoms with Crippen molar-refractivity contribution < 1.29 is 14.3 Å². The van der Waals surface area contributed by atoms with Crippen molar-refractivity contribution in [2.45, 2.75) is 6.92 Å². The Bertz CT molecular complexity index is 807. The topological polar surface area (TPSA) is 68.3 Å². The van der Waals surface area contributed by atoms with E-state index >= 15 is 0 Å². The Morgan fingerprint density at radius 3 is 2.50 bits per heavy atom. The molecule has 1 aromatic heterocycles. The van der Waals surface area contributed by atoms with E-state index in [0.29, 0.717) is 16.4 Å². The van der Waals surface area contributed by atoms with Crippen LogP contribution < -0.4 is 10.1 Å². The molecule has 22 heavy (non-hydrogen) atoms. The number of amides is 1. The van der Waals surface area contributed by atoms with Crippen LogP contribution >= 0.6 is 11.3 Å². The van der Waals surface area contributed by atoms with Crippen LogP contribution in [0.1, 0.15) is 17.3 Å². The van der Waals surface area contributed by atoms with Gasteiger partial charge in [0.25, 0.3) is 5.91 Å². The monoisotopic (exact) mass is 312 g/mol. The summed E-state index contributed by atoms with van der Waals surface area (Å²) in [6.07, 6.45) is 0. The highest BCUT2D eigenvalue weighted by Gasteiger charge is 2.10. The molecule has 110 valence electrons. The van der Waals surface area contributed by atoms with E-state index in [4.69, 9.17) is 4.74 Å². The van der Waals surface area contributed by atoms with Crippen molar-refractivity contribution in [3.8, 4) is 5.75 Å². The number of thiazole rings is 1. The van der Waals surface area contributed by atoms with E-state index in [9.17, 15) is 9.59 Å². The number of rotatable bonds is 3. The van der Waals surface area contributed by atoms with Gasteiger partial charge in [0, 0.05) is 12.5 Å². The number of para-hydroxylation sites is 1. The molecule has 1 heterocycles. The number of benzene rings is 2. The summed E-state index contributed by atoms with van der Waals surface area (Å²) in [7, 11) is 0. The molecule has 0 aliphatic rings. The van der Waals surface area contributed by atoms with Crippen molar-refractivity contribution >= 4 is 38.6 Å². The average Bonchev–Trinajstić information content (AvgIpc) is 2.89. The molecule has 0 fully saturated rings. The second-order valence-electron chi connectivity index (χ2n) is 4.56. The number of aromatic nitrogens is 1. The molecule has 0 bridgehead atoms. The SMILES string of the molecule is CC(=O)Oc1ccc(C(=O)Nc2nc3ccccc3s2)cc1. The lowest BCUT2D eigenvalue weighted by molar-refractivity contribution is -0.131. The van der Waals surface area contributed by atoms with Gasteiger partial charge in [0.1, 0.15) is 5.75 Å². The van der Waals surface area contributed by atoms with E-state index in [0.717, 1.165) is 10.2 Å². The summed E-state index contributed by atoms with van der Waals surface area (Å²) in [5.74, 6) is -0.246. The summed E-state index contributed by atoms with van der Waals surface area (Å²) in [5.41, 5.74) is 1.32. The maximum absolute atomic E-state index is 12.2. The van der Waals surface area contributed by atoms with Crippen LogP contribution in [-0.4, -0.2) is 16.9 Å². The maximum atomic E-state index is 12.2. The number of nitrogens with one attached hydrogen (secondary N) is 1. The first-order valence-corrected chi connectivity index (χ1v) is 7.39. The molecular formula is C16H12N2O3S. The first-order valence-electron chi connectivity index (χ1n) is 6.57. The molecule has 0 aliphatic heterocycles. The molecule has 0 atom stereocenters. The molecule has 0 radical (unpaired) electrons. The number of nitrogens with zero attached hydrogens (tertiary/aromatic N) is 1. The second kappa shape index (κ2) is 5.95. The number of esters is 1. The molecular weight excluding hydrogens is 300 g/mol. The fraction of sp³-hybridized carbons (Fsp3) is 0.0625. The van der Waals surface area contributed by atoms with Crippen LogP contribution in [0.15, 0.2) is 48.5 Å². The predicted octanol–water partition coefficient (Wildman–Crippen LogP) is 3.47. The van der Waals surface area contributed by atoms with Gasteiger partial charge < -0.3 is 4.74 Å². The molecule has 2 aromatic carbocycles. The molecule has 1 N–H and O–H groups in total. The van der Waals surface area contributed by atoms with Gasteiger partial charge in [0.15, 0.2) is 5.13 Å². The van der Waals surface area contributed by atoms with Gasteiger partial charge in [0.05, 0.1) is 10.2 Å². The third kappa shape index (κ3) is 3.12. The van der Waals surface area contributed by atoms with E-state index in [1.165, 1.54) is 18.3 Å². The van der Waals surface area contributed by atoms with Gasteiger partial charge in [-0.05, 0) is 36.4 Å². The van der Waals surface area contributed by atoms with E-state index in [-0.39, 0.29) is 5.91 Å². The van der Waals surface area contributed by atoms with Gasteiger partial charge in [-0.3, -0.25) is 14.9 Å². The van der Waals surface area contributed by atoms with Crippen molar-refractivity contribution in [2.24, 2.45) is 0 Å². The van der Waals surface area contributed by atoms with Crippen LogP contribution in [0.3, 0.4) is 0 Å². The Kier molecular flexibility index (Phi) is 3.84. The van der Waals surface area contributed by atoms with Crippen molar-refractivity contribution in [2.75, 3.05) is 5.32 Å². The quantitative estimate of drug-likeness (QED) is 0.594. The maximum Gasteiger partial charge on any atom is 0.308 e. The zero-order valence-electron chi connectivity index (χ0n) is 11.7. The highest BCUT2D eigenvalue weighted by atomic mass is 32.1. The lowest BCUT2D eigenvalue weighted by atomic mass is 10.2. The lowest BCUT2D eigenvalue weighted by Crippen LogP contribution is -2.11. The lowest BCUT2D eigenvalue weighted by Gasteiger charge is -2.03. The van der Waals surface area contributed by atoms with E-state index in [1.54, 1.807) is 24.3 Å². The van der Waals surface area contributed by atoms with Gasteiger partial charge in [-0.15, -0.1) is 0 Å². The minimum atomic E-state index is -0.397. The smallest absolute Gasteiger partial charge is 0.308 e. The summed E-state index contributed by atoms with van der Waals surface area (Å²) >= 11 is 1.42. The minimum Gasteiger partial charge on any atom is -0.427 e. The van der Waals surface area contributed by atoms with Crippen LogP contribution in [0, 0.1) is 0 Å². The molecule has 0 spiro atoms. The molecule has 6 heteroatoms. The molecule has 0 saturated heterocycles. The average molecular weight is 312 g/mol. The molecule has 5 nitrogen and oxygen atoms in total. The van der Waals surface area contributed by atoms with E-state index in [1.807, 2.05) is 24.3 Å². The molecule has 0 unspecified atom stereocenters. The molecule has 0 aliphatic carbocycles. The number of carbonyl (C=O) groups excluding carboxylic acids is 2. The summed E-state index contributed by atoms with van der Waals surface area (Å²) in [5, 5.41) is 3.32.